The van der Waals surface area contributed by atoms with E-state index in [9.17, 15) is 4.79 Å². The molecule has 1 unspecified atom stereocenters. The van der Waals surface area contributed by atoms with Crippen LogP contribution in [0.1, 0.15) is 32.6 Å². The minimum Gasteiger partial charge on any atom is -0.365 e. The van der Waals surface area contributed by atoms with Gasteiger partial charge in [0, 0.05) is 25.7 Å². The zero-order valence-corrected chi connectivity index (χ0v) is 12.9. The number of nitrogens with two attached hydrogens (primary N) is 1. The van der Waals surface area contributed by atoms with Crippen LogP contribution < -0.4 is 16.2 Å². The molecule has 1 saturated heterocycles. The van der Waals surface area contributed by atoms with Gasteiger partial charge in [0.1, 0.15) is 4.47 Å². The topological polar surface area (TPSA) is 64.2 Å². The number of hydrogen-bond acceptors (Lipinski definition) is 4. The predicted octanol–water partition coefficient (Wildman–Crippen LogP) is 1.73. The number of aryl methyl sites for hydroxylation is 1. The first-order valence-corrected chi connectivity index (χ1v) is 7.70. The summed E-state index contributed by atoms with van der Waals surface area (Å²) in [6.07, 6.45) is 6.11. The van der Waals surface area contributed by atoms with E-state index in [2.05, 4.69) is 25.9 Å². The molecular formula is C13H21BrN4O. The molecule has 0 aromatic carbocycles. The molecule has 5 nitrogen and oxygen atoms in total. The highest BCUT2D eigenvalue weighted by molar-refractivity contribution is 9.10. The second kappa shape index (κ2) is 6.52. The Hall–Kier alpha value is -0.880. The molecule has 2 heterocycles. The Morgan fingerprint density at radius 1 is 1.53 bits per heavy atom. The van der Waals surface area contributed by atoms with Crippen molar-refractivity contribution in [1.29, 1.82) is 0 Å². The molecular weight excluding hydrogens is 308 g/mol. The normalized spacial score (nSPS) is 19.7. The second-order valence-electron chi connectivity index (χ2n) is 4.95. The van der Waals surface area contributed by atoms with Crippen LogP contribution in [0.15, 0.2) is 15.5 Å². The second-order valence-corrected chi connectivity index (χ2v) is 5.74. The maximum atomic E-state index is 12.2. The molecule has 1 fully saturated rings. The molecule has 6 heteroatoms. The van der Waals surface area contributed by atoms with Crippen molar-refractivity contribution in [3.05, 3.63) is 21.0 Å². The number of anilines is 1. The van der Waals surface area contributed by atoms with Gasteiger partial charge in [-0.15, -0.1) is 0 Å². The van der Waals surface area contributed by atoms with E-state index < -0.39 is 0 Å². The lowest BCUT2D eigenvalue weighted by Gasteiger charge is -2.37. The molecule has 0 radical (unpaired) electrons. The number of piperidine rings is 1. The summed E-state index contributed by atoms with van der Waals surface area (Å²) in [5, 5.41) is 4.26. The van der Waals surface area contributed by atoms with Gasteiger partial charge in [0.2, 0.25) is 0 Å². The van der Waals surface area contributed by atoms with Crippen molar-refractivity contribution < 1.29 is 0 Å². The van der Waals surface area contributed by atoms with E-state index in [-0.39, 0.29) is 5.56 Å². The molecule has 1 aromatic rings. The summed E-state index contributed by atoms with van der Waals surface area (Å²) >= 11 is 3.44. The molecule has 2 N–H and O–H groups in total. The van der Waals surface area contributed by atoms with Crippen molar-refractivity contribution >= 4 is 21.6 Å². The Morgan fingerprint density at radius 3 is 3.00 bits per heavy atom. The zero-order valence-electron chi connectivity index (χ0n) is 11.3. The van der Waals surface area contributed by atoms with E-state index in [0.29, 0.717) is 23.6 Å². The molecule has 1 aliphatic rings. The molecule has 1 atom stereocenters. The molecule has 0 amide bonds. The van der Waals surface area contributed by atoms with Gasteiger partial charge in [-0.25, -0.2) is 4.68 Å². The number of rotatable bonds is 4. The van der Waals surface area contributed by atoms with Crippen LogP contribution in [-0.2, 0) is 6.54 Å². The molecule has 1 aromatic heterocycles. The quantitative estimate of drug-likeness (QED) is 0.914. The zero-order chi connectivity index (χ0) is 13.8. The molecule has 2 rings (SSSR count). The number of halogens is 1. The van der Waals surface area contributed by atoms with Gasteiger partial charge < -0.3 is 10.6 Å². The predicted molar refractivity (Wildman–Crippen MR) is 80.5 cm³/mol. The molecule has 106 valence electrons. The Labute approximate surface area is 121 Å². The van der Waals surface area contributed by atoms with Crippen molar-refractivity contribution in [2.45, 2.75) is 45.2 Å². The van der Waals surface area contributed by atoms with Crippen LogP contribution in [0.25, 0.3) is 0 Å². The Bertz CT molecular complexity index is 488. The SMILES string of the molecule is CCCn1ncc(N2CCCCC2CN)c(Br)c1=O. The summed E-state index contributed by atoms with van der Waals surface area (Å²) in [7, 11) is 0. The highest BCUT2D eigenvalue weighted by Gasteiger charge is 2.24. The van der Waals surface area contributed by atoms with Crippen LogP contribution in [0.5, 0.6) is 0 Å². The lowest BCUT2D eigenvalue weighted by atomic mass is 10.0. The van der Waals surface area contributed by atoms with Gasteiger partial charge in [0.15, 0.2) is 0 Å². The van der Waals surface area contributed by atoms with Crippen LogP contribution >= 0.6 is 15.9 Å². The molecule has 0 spiro atoms. The largest absolute Gasteiger partial charge is 0.365 e. The molecule has 0 aliphatic carbocycles. The average Bonchev–Trinajstić information content (AvgIpc) is 2.44. The summed E-state index contributed by atoms with van der Waals surface area (Å²) < 4.78 is 2.12. The van der Waals surface area contributed by atoms with E-state index >= 15 is 0 Å². The van der Waals surface area contributed by atoms with Crippen LogP contribution in [0, 0.1) is 0 Å². The molecule has 0 bridgehead atoms. The lowest BCUT2D eigenvalue weighted by Crippen LogP contribution is -2.45. The summed E-state index contributed by atoms with van der Waals surface area (Å²) in [6.45, 7) is 4.24. The first-order chi connectivity index (χ1) is 9.19. The summed E-state index contributed by atoms with van der Waals surface area (Å²) in [5.74, 6) is 0. The highest BCUT2D eigenvalue weighted by atomic mass is 79.9. The summed E-state index contributed by atoms with van der Waals surface area (Å²) in [5.41, 5.74) is 6.66. The van der Waals surface area contributed by atoms with Crippen molar-refractivity contribution in [3.63, 3.8) is 0 Å². The highest BCUT2D eigenvalue weighted by Crippen LogP contribution is 2.28. The van der Waals surface area contributed by atoms with E-state index in [4.69, 9.17) is 5.73 Å². The summed E-state index contributed by atoms with van der Waals surface area (Å²) in [6, 6.07) is 0.313. The maximum Gasteiger partial charge on any atom is 0.283 e. The van der Waals surface area contributed by atoms with Gasteiger partial charge >= 0.3 is 0 Å². The molecule has 0 saturated carbocycles. The van der Waals surface area contributed by atoms with Crippen molar-refractivity contribution in [2.24, 2.45) is 5.73 Å². The maximum absolute atomic E-state index is 12.2. The average molecular weight is 329 g/mol. The van der Waals surface area contributed by atoms with E-state index in [0.717, 1.165) is 31.5 Å². The lowest BCUT2D eigenvalue weighted by molar-refractivity contribution is 0.462. The third kappa shape index (κ3) is 3.00. The van der Waals surface area contributed by atoms with Gasteiger partial charge in [-0.05, 0) is 41.6 Å². The molecule has 1 aliphatic heterocycles. The van der Waals surface area contributed by atoms with Gasteiger partial charge in [-0.2, -0.15) is 5.10 Å². The Kier molecular flexibility index (Phi) is 4.99. The minimum absolute atomic E-state index is 0.0549. The minimum atomic E-state index is -0.0549. The Balaban J connectivity index is 2.34. The van der Waals surface area contributed by atoms with Crippen LogP contribution in [0.4, 0.5) is 5.69 Å². The van der Waals surface area contributed by atoms with E-state index in [1.165, 1.54) is 11.1 Å². The standard InChI is InChI=1S/C13H21BrN4O/c1-2-6-18-13(19)12(14)11(9-16-18)17-7-4-3-5-10(17)8-15/h9-10H,2-8,15H2,1H3. The Morgan fingerprint density at radius 2 is 2.32 bits per heavy atom. The smallest absolute Gasteiger partial charge is 0.283 e. The fourth-order valence-corrected chi connectivity index (χ4v) is 3.13. The first kappa shape index (κ1) is 14.5. The van der Waals surface area contributed by atoms with E-state index in [1.54, 1.807) is 6.20 Å². The van der Waals surface area contributed by atoms with Gasteiger partial charge in [0.05, 0.1) is 11.9 Å². The number of aromatic nitrogens is 2. The van der Waals surface area contributed by atoms with Crippen molar-refractivity contribution in [3.8, 4) is 0 Å². The van der Waals surface area contributed by atoms with Crippen molar-refractivity contribution in [1.82, 2.24) is 9.78 Å². The third-order valence-electron chi connectivity index (χ3n) is 3.61. The van der Waals surface area contributed by atoms with Crippen LogP contribution in [0.2, 0.25) is 0 Å². The first-order valence-electron chi connectivity index (χ1n) is 6.91. The third-order valence-corrected chi connectivity index (χ3v) is 4.36. The van der Waals surface area contributed by atoms with Gasteiger partial charge in [-0.1, -0.05) is 6.92 Å². The van der Waals surface area contributed by atoms with Crippen LogP contribution in [0.3, 0.4) is 0 Å². The summed E-state index contributed by atoms with van der Waals surface area (Å²) in [4.78, 5) is 14.4. The van der Waals surface area contributed by atoms with Crippen molar-refractivity contribution in [2.75, 3.05) is 18.0 Å². The monoisotopic (exact) mass is 328 g/mol. The number of hydrogen-bond donors (Lipinski definition) is 1. The van der Waals surface area contributed by atoms with Gasteiger partial charge in [-0.3, -0.25) is 4.79 Å². The molecule has 19 heavy (non-hydrogen) atoms. The fourth-order valence-electron chi connectivity index (χ4n) is 2.59. The van der Waals surface area contributed by atoms with E-state index in [1.807, 2.05) is 6.92 Å². The fraction of sp³-hybridized carbons (Fsp3) is 0.692. The van der Waals surface area contributed by atoms with Gasteiger partial charge in [0.25, 0.3) is 5.56 Å². The number of nitrogens with zero attached hydrogens (tertiary/aromatic N) is 3. The van der Waals surface area contributed by atoms with Crippen LogP contribution in [-0.4, -0.2) is 28.9 Å².